The minimum atomic E-state index is 0.529. The molecule has 1 saturated heterocycles. The maximum absolute atomic E-state index is 5.82. The molecule has 0 atom stereocenters. The van der Waals surface area contributed by atoms with Crippen molar-refractivity contribution >= 4 is 5.82 Å². The number of rotatable bonds is 2. The topological polar surface area (TPSA) is 67.1 Å². The minimum Gasteiger partial charge on any atom is -0.352 e. The van der Waals surface area contributed by atoms with Gasteiger partial charge in [0, 0.05) is 38.3 Å². The lowest BCUT2D eigenvalue weighted by atomic mass is 10.1. The van der Waals surface area contributed by atoms with E-state index in [2.05, 4.69) is 27.3 Å². The summed E-state index contributed by atoms with van der Waals surface area (Å²) in [7, 11) is 0. The third kappa shape index (κ3) is 2.01. The summed E-state index contributed by atoms with van der Waals surface area (Å²) < 4.78 is 0. The Labute approximate surface area is 96.0 Å². The van der Waals surface area contributed by atoms with Gasteiger partial charge >= 0.3 is 0 Å². The summed E-state index contributed by atoms with van der Waals surface area (Å²) in [5, 5.41) is 11.8. The van der Waals surface area contributed by atoms with Gasteiger partial charge in [0.05, 0.1) is 5.69 Å². The Balaban J connectivity index is 2.35. The third-order valence-electron chi connectivity index (χ3n) is 3.18. The highest BCUT2D eigenvalue weighted by molar-refractivity contribution is 5.51. The van der Waals surface area contributed by atoms with Crippen LogP contribution in [0.15, 0.2) is 0 Å². The van der Waals surface area contributed by atoms with Crippen LogP contribution in [0.2, 0.25) is 0 Å². The van der Waals surface area contributed by atoms with Crippen molar-refractivity contribution in [3.05, 3.63) is 16.8 Å². The van der Waals surface area contributed by atoms with Gasteiger partial charge in [0.25, 0.3) is 0 Å². The molecule has 0 aliphatic carbocycles. The summed E-state index contributed by atoms with van der Waals surface area (Å²) in [6.45, 7) is 8.52. The largest absolute Gasteiger partial charge is 0.352 e. The van der Waals surface area contributed by atoms with Crippen LogP contribution in [0.1, 0.15) is 16.8 Å². The van der Waals surface area contributed by atoms with E-state index in [0.29, 0.717) is 6.54 Å². The van der Waals surface area contributed by atoms with E-state index in [9.17, 15) is 0 Å². The third-order valence-corrected chi connectivity index (χ3v) is 3.18. The number of aryl methyl sites for hydroxylation is 1. The van der Waals surface area contributed by atoms with Crippen LogP contribution < -0.4 is 16.0 Å². The van der Waals surface area contributed by atoms with Crippen LogP contribution in [-0.2, 0) is 6.54 Å². The SMILES string of the molecule is Cc1nnc(N2CCNCC2)c(CN)c1C. The van der Waals surface area contributed by atoms with Crippen molar-refractivity contribution in [2.45, 2.75) is 20.4 Å². The molecule has 1 aliphatic heterocycles. The lowest BCUT2D eigenvalue weighted by Gasteiger charge is -2.30. The number of hydrogen-bond donors (Lipinski definition) is 2. The first-order valence-electron chi connectivity index (χ1n) is 5.72. The van der Waals surface area contributed by atoms with E-state index >= 15 is 0 Å². The van der Waals surface area contributed by atoms with Crippen LogP contribution in [0.3, 0.4) is 0 Å². The Bertz CT molecular complexity index is 371. The standard InChI is InChI=1S/C11H19N5/c1-8-9(2)14-15-11(10(8)7-12)16-5-3-13-4-6-16/h13H,3-7,12H2,1-2H3. The monoisotopic (exact) mass is 221 g/mol. The number of aromatic nitrogens is 2. The van der Waals surface area contributed by atoms with Crippen LogP contribution in [0, 0.1) is 13.8 Å². The summed E-state index contributed by atoms with van der Waals surface area (Å²) in [6, 6.07) is 0. The van der Waals surface area contributed by atoms with Gasteiger partial charge in [-0.15, -0.1) is 5.10 Å². The molecule has 1 aliphatic rings. The molecular weight excluding hydrogens is 202 g/mol. The van der Waals surface area contributed by atoms with Crippen molar-refractivity contribution in [2.75, 3.05) is 31.1 Å². The fourth-order valence-electron chi connectivity index (χ4n) is 2.02. The van der Waals surface area contributed by atoms with Crippen molar-refractivity contribution < 1.29 is 0 Å². The van der Waals surface area contributed by atoms with Crippen LogP contribution in [0.5, 0.6) is 0 Å². The van der Waals surface area contributed by atoms with Crippen LogP contribution >= 0.6 is 0 Å². The van der Waals surface area contributed by atoms with E-state index in [0.717, 1.165) is 43.3 Å². The van der Waals surface area contributed by atoms with Crippen molar-refractivity contribution in [3.63, 3.8) is 0 Å². The van der Waals surface area contributed by atoms with Gasteiger partial charge in [0.1, 0.15) is 0 Å². The maximum atomic E-state index is 5.82. The molecule has 3 N–H and O–H groups in total. The molecule has 5 heteroatoms. The number of anilines is 1. The Hall–Kier alpha value is -1.20. The summed E-state index contributed by atoms with van der Waals surface area (Å²) in [5.74, 6) is 0.965. The van der Waals surface area contributed by atoms with Gasteiger partial charge in [-0.2, -0.15) is 5.10 Å². The second kappa shape index (κ2) is 4.76. The highest BCUT2D eigenvalue weighted by Gasteiger charge is 2.17. The molecule has 0 saturated carbocycles. The van der Waals surface area contributed by atoms with Gasteiger partial charge in [0.2, 0.25) is 0 Å². The zero-order chi connectivity index (χ0) is 11.5. The van der Waals surface area contributed by atoms with E-state index in [1.807, 2.05) is 6.92 Å². The highest BCUT2D eigenvalue weighted by atomic mass is 15.3. The molecule has 1 fully saturated rings. The second-order valence-electron chi connectivity index (χ2n) is 4.15. The maximum Gasteiger partial charge on any atom is 0.156 e. The van der Waals surface area contributed by atoms with Gasteiger partial charge in [-0.3, -0.25) is 0 Å². The molecule has 0 aromatic carbocycles. The number of piperazine rings is 1. The predicted octanol–water partition coefficient (Wildman–Crippen LogP) is -0.0383. The molecule has 2 heterocycles. The molecule has 0 amide bonds. The van der Waals surface area contributed by atoms with E-state index in [4.69, 9.17) is 5.73 Å². The zero-order valence-electron chi connectivity index (χ0n) is 9.95. The van der Waals surface area contributed by atoms with Gasteiger partial charge in [-0.1, -0.05) is 0 Å². The molecule has 0 unspecified atom stereocenters. The van der Waals surface area contributed by atoms with E-state index in [-0.39, 0.29) is 0 Å². The molecule has 16 heavy (non-hydrogen) atoms. The molecule has 0 spiro atoms. The number of nitrogens with one attached hydrogen (secondary N) is 1. The van der Waals surface area contributed by atoms with Crippen LogP contribution in [-0.4, -0.2) is 36.4 Å². The average molecular weight is 221 g/mol. The first-order chi connectivity index (χ1) is 7.74. The van der Waals surface area contributed by atoms with Crippen molar-refractivity contribution in [1.29, 1.82) is 0 Å². The molecule has 5 nitrogen and oxygen atoms in total. The van der Waals surface area contributed by atoms with Crippen LogP contribution in [0.25, 0.3) is 0 Å². The Morgan fingerprint density at radius 2 is 1.94 bits per heavy atom. The number of nitrogens with zero attached hydrogens (tertiary/aromatic N) is 3. The summed E-state index contributed by atoms with van der Waals surface area (Å²) in [6.07, 6.45) is 0. The predicted molar refractivity (Wildman–Crippen MR) is 64.5 cm³/mol. The van der Waals surface area contributed by atoms with Crippen molar-refractivity contribution in [1.82, 2.24) is 15.5 Å². The van der Waals surface area contributed by atoms with Crippen molar-refractivity contribution in [2.24, 2.45) is 5.73 Å². The first-order valence-corrected chi connectivity index (χ1v) is 5.72. The fraction of sp³-hybridized carbons (Fsp3) is 0.636. The Morgan fingerprint density at radius 3 is 2.56 bits per heavy atom. The summed E-state index contributed by atoms with van der Waals surface area (Å²) in [4.78, 5) is 2.26. The average Bonchev–Trinajstić information content (AvgIpc) is 2.33. The van der Waals surface area contributed by atoms with Crippen molar-refractivity contribution in [3.8, 4) is 0 Å². The number of nitrogens with two attached hydrogens (primary N) is 1. The summed E-state index contributed by atoms with van der Waals surface area (Å²) in [5.41, 5.74) is 9.09. The molecule has 1 aromatic heterocycles. The normalized spacial score (nSPS) is 16.6. The van der Waals surface area contributed by atoms with Gasteiger partial charge in [-0.25, -0.2) is 0 Å². The molecule has 1 aromatic rings. The Morgan fingerprint density at radius 1 is 1.25 bits per heavy atom. The smallest absolute Gasteiger partial charge is 0.156 e. The van der Waals surface area contributed by atoms with E-state index in [1.165, 1.54) is 5.56 Å². The summed E-state index contributed by atoms with van der Waals surface area (Å²) >= 11 is 0. The number of hydrogen-bond acceptors (Lipinski definition) is 5. The van der Waals surface area contributed by atoms with E-state index < -0.39 is 0 Å². The van der Waals surface area contributed by atoms with Crippen LogP contribution in [0.4, 0.5) is 5.82 Å². The highest BCUT2D eigenvalue weighted by Crippen LogP contribution is 2.21. The molecule has 0 radical (unpaired) electrons. The first kappa shape index (κ1) is 11.3. The minimum absolute atomic E-state index is 0.529. The lowest BCUT2D eigenvalue weighted by Crippen LogP contribution is -2.44. The van der Waals surface area contributed by atoms with Gasteiger partial charge in [-0.05, 0) is 19.4 Å². The second-order valence-corrected chi connectivity index (χ2v) is 4.15. The van der Waals surface area contributed by atoms with E-state index in [1.54, 1.807) is 0 Å². The van der Waals surface area contributed by atoms with Gasteiger partial charge < -0.3 is 16.0 Å². The molecule has 2 rings (SSSR count). The molecule has 0 bridgehead atoms. The fourth-order valence-corrected chi connectivity index (χ4v) is 2.02. The molecular formula is C11H19N5. The Kier molecular flexibility index (Phi) is 3.36. The van der Waals surface area contributed by atoms with Gasteiger partial charge in [0.15, 0.2) is 5.82 Å². The lowest BCUT2D eigenvalue weighted by molar-refractivity contribution is 0.579. The quantitative estimate of drug-likeness (QED) is 0.733. The molecule has 88 valence electrons. The zero-order valence-corrected chi connectivity index (χ0v) is 9.95.